The molecule has 0 saturated heterocycles. The number of nitrogens with one attached hydrogen (secondary N) is 1. The number of aromatic nitrogens is 1. The van der Waals surface area contributed by atoms with Crippen molar-refractivity contribution in [1.82, 2.24) is 10.3 Å². The molecule has 108 valence electrons. The van der Waals surface area contributed by atoms with Gasteiger partial charge in [0.05, 0.1) is 29.3 Å². The van der Waals surface area contributed by atoms with Crippen LogP contribution in [0.4, 0.5) is 0 Å². The Morgan fingerprint density at radius 3 is 3.05 bits per heavy atom. The van der Waals surface area contributed by atoms with E-state index >= 15 is 0 Å². The van der Waals surface area contributed by atoms with E-state index in [1.807, 2.05) is 12.3 Å². The van der Waals surface area contributed by atoms with Gasteiger partial charge in [0.2, 0.25) is 5.91 Å². The standard InChI is InChI=1S/C13H16N2O3S2/c1-2-13-15-10(7-19-13)8-20(17)9-12(16)14-6-11-4-3-5-18-11/h3-5,7H,2,6,8-9H2,1H3,(H,14,16)/t20-/m0/s1. The van der Waals surface area contributed by atoms with E-state index in [1.165, 1.54) is 0 Å². The topological polar surface area (TPSA) is 72.2 Å². The fourth-order valence-electron chi connectivity index (χ4n) is 1.59. The Labute approximate surface area is 123 Å². The highest BCUT2D eigenvalue weighted by atomic mass is 32.2. The Hall–Kier alpha value is -1.47. The van der Waals surface area contributed by atoms with Gasteiger partial charge in [-0.15, -0.1) is 11.3 Å². The number of carbonyl (C=O) groups excluding carboxylic acids is 1. The van der Waals surface area contributed by atoms with Gasteiger partial charge in [0, 0.05) is 16.2 Å². The summed E-state index contributed by atoms with van der Waals surface area (Å²) < 4.78 is 17.0. The second kappa shape index (κ2) is 7.35. The van der Waals surface area contributed by atoms with Crippen LogP contribution < -0.4 is 5.32 Å². The summed E-state index contributed by atoms with van der Waals surface area (Å²) in [6, 6.07) is 3.53. The summed E-state index contributed by atoms with van der Waals surface area (Å²) >= 11 is 1.56. The summed E-state index contributed by atoms with van der Waals surface area (Å²) in [5, 5.41) is 5.60. The van der Waals surface area contributed by atoms with Gasteiger partial charge in [-0.25, -0.2) is 4.98 Å². The number of hydrogen-bond donors (Lipinski definition) is 1. The van der Waals surface area contributed by atoms with Crippen molar-refractivity contribution in [2.75, 3.05) is 5.75 Å². The molecular weight excluding hydrogens is 296 g/mol. The van der Waals surface area contributed by atoms with Crippen molar-refractivity contribution in [1.29, 1.82) is 0 Å². The number of amides is 1. The highest BCUT2D eigenvalue weighted by molar-refractivity contribution is 7.84. The highest BCUT2D eigenvalue weighted by Crippen LogP contribution is 2.11. The average Bonchev–Trinajstić information content (AvgIpc) is 3.06. The molecular formula is C13H16N2O3S2. The summed E-state index contributed by atoms with van der Waals surface area (Å²) in [5.41, 5.74) is 0.795. The third-order valence-corrected chi connectivity index (χ3v) is 4.79. The van der Waals surface area contributed by atoms with E-state index < -0.39 is 10.8 Å². The first-order valence-corrected chi connectivity index (χ1v) is 8.61. The van der Waals surface area contributed by atoms with Gasteiger partial charge >= 0.3 is 0 Å². The normalized spacial score (nSPS) is 12.2. The molecule has 0 saturated carbocycles. The lowest BCUT2D eigenvalue weighted by molar-refractivity contribution is -0.118. The number of hydrogen-bond acceptors (Lipinski definition) is 5. The molecule has 1 N–H and O–H groups in total. The van der Waals surface area contributed by atoms with Gasteiger partial charge in [0.25, 0.3) is 0 Å². The van der Waals surface area contributed by atoms with E-state index in [4.69, 9.17) is 4.42 Å². The minimum absolute atomic E-state index is 0.0142. The largest absolute Gasteiger partial charge is 0.467 e. The van der Waals surface area contributed by atoms with Gasteiger partial charge in [-0.1, -0.05) is 6.92 Å². The van der Waals surface area contributed by atoms with Gasteiger partial charge in [-0.3, -0.25) is 9.00 Å². The van der Waals surface area contributed by atoms with Gasteiger partial charge in [-0.05, 0) is 18.6 Å². The number of rotatable bonds is 7. The third kappa shape index (κ3) is 4.57. The first kappa shape index (κ1) is 14.9. The van der Waals surface area contributed by atoms with Gasteiger partial charge in [-0.2, -0.15) is 0 Å². The van der Waals surface area contributed by atoms with Crippen LogP contribution >= 0.6 is 11.3 Å². The number of thiazole rings is 1. The van der Waals surface area contributed by atoms with Crippen molar-refractivity contribution in [3.05, 3.63) is 40.2 Å². The molecule has 0 aliphatic rings. The first-order valence-electron chi connectivity index (χ1n) is 6.24. The van der Waals surface area contributed by atoms with Crippen LogP contribution in [0.2, 0.25) is 0 Å². The zero-order valence-corrected chi connectivity index (χ0v) is 12.8. The lowest BCUT2D eigenvalue weighted by Crippen LogP contribution is -2.28. The number of furan rings is 1. The summed E-state index contributed by atoms with van der Waals surface area (Å²) in [4.78, 5) is 16.0. The Bertz CT molecular complexity index is 578. The molecule has 2 rings (SSSR count). The highest BCUT2D eigenvalue weighted by Gasteiger charge is 2.11. The minimum atomic E-state index is -1.24. The smallest absolute Gasteiger partial charge is 0.233 e. The van der Waals surface area contributed by atoms with Crippen molar-refractivity contribution < 1.29 is 13.4 Å². The predicted octanol–water partition coefficient (Wildman–Crippen LogP) is 1.86. The molecule has 0 bridgehead atoms. The molecule has 0 aliphatic heterocycles. The third-order valence-electron chi connectivity index (χ3n) is 2.54. The molecule has 0 unspecified atom stereocenters. The predicted molar refractivity (Wildman–Crippen MR) is 78.8 cm³/mol. The molecule has 7 heteroatoms. The molecule has 2 heterocycles. The van der Waals surface area contributed by atoms with E-state index in [2.05, 4.69) is 10.3 Å². The summed E-state index contributed by atoms with van der Waals surface area (Å²) in [5.74, 6) is 0.742. The van der Waals surface area contributed by atoms with E-state index in [0.29, 0.717) is 18.1 Å². The minimum Gasteiger partial charge on any atom is -0.467 e. The van der Waals surface area contributed by atoms with Crippen LogP contribution in [-0.4, -0.2) is 20.9 Å². The fraction of sp³-hybridized carbons (Fsp3) is 0.385. The van der Waals surface area contributed by atoms with Crippen molar-refractivity contribution in [3.8, 4) is 0 Å². The number of nitrogens with zero attached hydrogens (tertiary/aromatic N) is 1. The van der Waals surface area contributed by atoms with Crippen LogP contribution in [0.3, 0.4) is 0 Å². The molecule has 0 aliphatic carbocycles. The maximum Gasteiger partial charge on any atom is 0.233 e. The first-order chi connectivity index (χ1) is 9.67. The molecule has 1 atom stereocenters. The van der Waals surface area contributed by atoms with Crippen LogP contribution in [0, 0.1) is 0 Å². The van der Waals surface area contributed by atoms with Crippen molar-refractivity contribution >= 4 is 28.0 Å². The van der Waals surface area contributed by atoms with Crippen LogP contribution in [-0.2, 0) is 34.3 Å². The number of aryl methyl sites for hydroxylation is 1. The molecule has 20 heavy (non-hydrogen) atoms. The van der Waals surface area contributed by atoms with Gasteiger partial charge in [0.15, 0.2) is 0 Å². The lowest BCUT2D eigenvalue weighted by Gasteiger charge is -2.02. The molecule has 0 spiro atoms. The molecule has 0 radical (unpaired) electrons. The lowest BCUT2D eigenvalue weighted by atomic mass is 10.4. The zero-order chi connectivity index (χ0) is 14.4. The van der Waals surface area contributed by atoms with E-state index in [0.717, 1.165) is 17.1 Å². The SMILES string of the molecule is CCc1nc(C[S@](=O)CC(=O)NCc2ccco2)cs1. The van der Waals surface area contributed by atoms with Crippen molar-refractivity contribution in [3.63, 3.8) is 0 Å². The van der Waals surface area contributed by atoms with E-state index in [9.17, 15) is 9.00 Å². The molecule has 0 fully saturated rings. The van der Waals surface area contributed by atoms with Crippen molar-refractivity contribution in [2.24, 2.45) is 0 Å². The average molecular weight is 312 g/mol. The summed E-state index contributed by atoms with van der Waals surface area (Å²) in [6.07, 6.45) is 2.42. The van der Waals surface area contributed by atoms with E-state index in [-0.39, 0.29) is 11.7 Å². The number of carbonyl (C=O) groups is 1. The van der Waals surface area contributed by atoms with E-state index in [1.54, 1.807) is 29.7 Å². The molecule has 2 aromatic heterocycles. The van der Waals surface area contributed by atoms with Crippen molar-refractivity contribution in [2.45, 2.75) is 25.6 Å². The summed E-state index contributed by atoms with van der Waals surface area (Å²) in [6.45, 7) is 2.35. The van der Waals surface area contributed by atoms with Gasteiger partial charge in [0.1, 0.15) is 11.5 Å². The maximum absolute atomic E-state index is 11.9. The fourth-order valence-corrected chi connectivity index (χ4v) is 3.41. The Balaban J connectivity index is 1.74. The Morgan fingerprint density at radius 2 is 2.40 bits per heavy atom. The monoisotopic (exact) mass is 312 g/mol. The maximum atomic E-state index is 11.9. The quantitative estimate of drug-likeness (QED) is 0.847. The Morgan fingerprint density at radius 1 is 1.55 bits per heavy atom. The molecule has 1 amide bonds. The molecule has 0 aromatic carbocycles. The molecule has 5 nitrogen and oxygen atoms in total. The second-order valence-corrected chi connectivity index (χ2v) is 6.57. The van der Waals surface area contributed by atoms with Gasteiger partial charge < -0.3 is 9.73 Å². The summed E-state index contributed by atoms with van der Waals surface area (Å²) in [7, 11) is -1.24. The zero-order valence-electron chi connectivity index (χ0n) is 11.1. The molecule has 2 aromatic rings. The Kier molecular flexibility index (Phi) is 5.49. The second-order valence-electron chi connectivity index (χ2n) is 4.17. The van der Waals surface area contributed by atoms with Crippen LogP contribution in [0.1, 0.15) is 23.4 Å². The van der Waals surface area contributed by atoms with Crippen LogP contribution in [0.15, 0.2) is 28.2 Å². The van der Waals surface area contributed by atoms with Crippen LogP contribution in [0.25, 0.3) is 0 Å². The van der Waals surface area contributed by atoms with Crippen LogP contribution in [0.5, 0.6) is 0 Å².